The molecule has 83 valence electrons. The Bertz CT molecular complexity index is 117. The van der Waals surface area contributed by atoms with Crippen molar-refractivity contribution in [2.75, 3.05) is 6.61 Å². The summed E-state index contributed by atoms with van der Waals surface area (Å²) in [6.07, 6.45) is 8.47. The topological polar surface area (TPSA) is 44.8 Å². The molecule has 4 heteroatoms. The normalized spacial score (nSPS) is 10.1. The van der Waals surface area contributed by atoms with E-state index in [1.165, 1.54) is 32.1 Å². The van der Waals surface area contributed by atoms with Crippen LogP contribution in [0, 0.1) is 0 Å². The Hall–Kier alpha value is -0.610. The molecule has 0 saturated carbocycles. The van der Waals surface area contributed by atoms with E-state index in [2.05, 4.69) is 21.7 Å². The first-order chi connectivity index (χ1) is 6.91. The van der Waals surface area contributed by atoms with Gasteiger partial charge in [0.1, 0.15) is 0 Å². The van der Waals surface area contributed by atoms with E-state index in [4.69, 9.17) is 0 Å². The molecule has 0 bridgehead atoms. The van der Waals surface area contributed by atoms with Gasteiger partial charge in [-0.2, -0.15) is 4.89 Å². The van der Waals surface area contributed by atoms with E-state index in [1.807, 2.05) is 0 Å². The van der Waals surface area contributed by atoms with Gasteiger partial charge in [0, 0.05) is 0 Å². The van der Waals surface area contributed by atoms with Crippen LogP contribution in [-0.2, 0) is 19.6 Å². The van der Waals surface area contributed by atoms with Crippen LogP contribution in [0.1, 0.15) is 51.9 Å². The highest BCUT2D eigenvalue weighted by Crippen LogP contribution is 2.06. The van der Waals surface area contributed by atoms with Crippen molar-refractivity contribution >= 4 is 6.47 Å². The maximum absolute atomic E-state index is 9.49. The Morgan fingerprint density at radius 3 is 2.29 bits per heavy atom. The van der Waals surface area contributed by atoms with Gasteiger partial charge in [-0.3, -0.25) is 4.89 Å². The lowest BCUT2D eigenvalue weighted by Gasteiger charge is -2.00. The van der Waals surface area contributed by atoms with Crippen molar-refractivity contribution in [1.82, 2.24) is 0 Å². The van der Waals surface area contributed by atoms with Crippen LogP contribution in [0.2, 0.25) is 0 Å². The zero-order chi connectivity index (χ0) is 10.5. The lowest BCUT2D eigenvalue weighted by molar-refractivity contribution is -0.475. The molecule has 0 aromatic rings. The minimum atomic E-state index is 0.454. The van der Waals surface area contributed by atoms with E-state index >= 15 is 0 Å². The second-order valence-electron chi connectivity index (χ2n) is 3.18. The number of unbranched alkanes of at least 4 members (excludes halogenated alkanes) is 6. The van der Waals surface area contributed by atoms with E-state index in [-0.39, 0.29) is 0 Å². The van der Waals surface area contributed by atoms with Crippen molar-refractivity contribution in [1.29, 1.82) is 0 Å². The van der Waals surface area contributed by atoms with Crippen molar-refractivity contribution in [2.45, 2.75) is 51.9 Å². The molecule has 0 amide bonds. The van der Waals surface area contributed by atoms with Crippen LogP contribution < -0.4 is 0 Å². The monoisotopic (exact) mass is 203 g/mol. The summed E-state index contributed by atoms with van der Waals surface area (Å²) < 4.78 is 0. The molecule has 0 saturated heterocycles. The van der Waals surface area contributed by atoms with E-state index in [0.29, 0.717) is 6.61 Å². The minimum Gasteiger partial charge on any atom is -0.255 e. The third kappa shape index (κ3) is 11.4. The first kappa shape index (κ1) is 13.4. The van der Waals surface area contributed by atoms with Gasteiger partial charge in [-0.15, -0.1) is 0 Å². The summed E-state index contributed by atoms with van der Waals surface area (Å²) in [5.41, 5.74) is 0. The molecule has 4 nitrogen and oxygen atoms in total. The van der Waals surface area contributed by atoms with Crippen molar-refractivity contribution in [3.05, 3.63) is 0 Å². The van der Waals surface area contributed by atoms with Crippen LogP contribution in [0.5, 0.6) is 0 Å². The van der Waals surface area contributed by atoms with Crippen LogP contribution in [0.15, 0.2) is 0 Å². The zero-order valence-corrected chi connectivity index (χ0v) is 8.79. The summed E-state index contributed by atoms with van der Waals surface area (Å²) in [7, 11) is 0. The zero-order valence-electron chi connectivity index (χ0n) is 8.79. The summed E-state index contributed by atoms with van der Waals surface area (Å²) in [4.78, 5) is 17.8. The van der Waals surface area contributed by atoms with Gasteiger partial charge in [-0.05, 0) is 11.5 Å². The number of carbonyl (C=O) groups excluding carboxylic acids is 1. The van der Waals surface area contributed by atoms with Crippen molar-refractivity contribution in [3.63, 3.8) is 0 Å². The summed E-state index contributed by atoms with van der Waals surface area (Å²) in [6.45, 7) is 3.75. The van der Waals surface area contributed by atoms with Crippen molar-refractivity contribution in [3.8, 4) is 0 Å². The third-order valence-electron chi connectivity index (χ3n) is 1.95. The van der Waals surface area contributed by atoms with Gasteiger partial charge in [0.2, 0.25) is 0 Å². The molecule has 0 atom stereocenters. The lowest BCUT2D eigenvalue weighted by Crippen LogP contribution is -1.97. The predicted molar refractivity (Wildman–Crippen MR) is 51.8 cm³/mol. The SMILES string of the molecule is CCCCCCCCCOOO[C]=O. The van der Waals surface area contributed by atoms with Gasteiger partial charge in [-0.1, -0.05) is 45.4 Å². The Balaban J connectivity index is 2.81. The van der Waals surface area contributed by atoms with Gasteiger partial charge in [0.15, 0.2) is 0 Å². The first-order valence-electron chi connectivity index (χ1n) is 5.24. The molecule has 0 aliphatic rings. The fraction of sp³-hybridized carbons (Fsp3) is 0.900. The number of rotatable bonds is 11. The molecular weight excluding hydrogens is 184 g/mol. The molecule has 0 heterocycles. The van der Waals surface area contributed by atoms with Gasteiger partial charge < -0.3 is 0 Å². The third-order valence-corrected chi connectivity index (χ3v) is 1.95. The molecule has 0 spiro atoms. The lowest BCUT2D eigenvalue weighted by atomic mass is 10.1. The van der Waals surface area contributed by atoms with Gasteiger partial charge in [0.25, 0.3) is 0 Å². The number of hydrogen-bond acceptors (Lipinski definition) is 4. The molecule has 0 aromatic heterocycles. The molecule has 1 radical (unpaired) electrons. The molecule has 0 rings (SSSR count). The van der Waals surface area contributed by atoms with Crippen molar-refractivity contribution < 1.29 is 19.6 Å². The summed E-state index contributed by atoms with van der Waals surface area (Å²) in [5, 5.41) is 4.00. The molecule has 0 aliphatic heterocycles. The molecule has 0 N–H and O–H groups in total. The Morgan fingerprint density at radius 1 is 1.00 bits per heavy atom. The fourth-order valence-corrected chi connectivity index (χ4v) is 1.19. The average Bonchev–Trinajstić information content (AvgIpc) is 2.21. The highest BCUT2D eigenvalue weighted by molar-refractivity contribution is 5.36. The van der Waals surface area contributed by atoms with E-state index in [0.717, 1.165) is 19.3 Å². The summed E-state index contributed by atoms with van der Waals surface area (Å²) >= 11 is 0. The van der Waals surface area contributed by atoms with Crippen LogP contribution in [0.3, 0.4) is 0 Å². The second kappa shape index (κ2) is 12.4. The van der Waals surface area contributed by atoms with Crippen LogP contribution in [0.25, 0.3) is 0 Å². The second-order valence-corrected chi connectivity index (χ2v) is 3.18. The Morgan fingerprint density at radius 2 is 1.64 bits per heavy atom. The average molecular weight is 203 g/mol. The summed E-state index contributed by atoms with van der Waals surface area (Å²) in [5.74, 6) is 0. The molecule has 0 aromatic carbocycles. The standard InChI is InChI=1S/C10H19O4/c1-2-3-4-5-6-7-8-9-12-14-13-10-11/h2-9H2,1H3. The fourth-order valence-electron chi connectivity index (χ4n) is 1.19. The smallest absolute Gasteiger partial charge is 0.255 e. The van der Waals surface area contributed by atoms with Crippen molar-refractivity contribution in [2.24, 2.45) is 0 Å². The Labute approximate surface area is 85.4 Å². The highest BCUT2D eigenvalue weighted by Gasteiger charge is 1.92. The molecular formula is C10H19O4. The molecule has 0 unspecified atom stereocenters. The van der Waals surface area contributed by atoms with Crippen LogP contribution in [-0.4, -0.2) is 13.1 Å². The molecule has 14 heavy (non-hydrogen) atoms. The number of hydrogen-bond donors (Lipinski definition) is 0. The summed E-state index contributed by atoms with van der Waals surface area (Å²) in [6, 6.07) is 0. The van der Waals surface area contributed by atoms with E-state index in [1.54, 1.807) is 0 Å². The largest absolute Gasteiger partial charge is 0.456 e. The maximum Gasteiger partial charge on any atom is 0.456 e. The first-order valence-corrected chi connectivity index (χ1v) is 5.24. The van der Waals surface area contributed by atoms with Gasteiger partial charge >= 0.3 is 6.47 Å². The van der Waals surface area contributed by atoms with E-state index < -0.39 is 0 Å². The molecule has 0 fully saturated rings. The van der Waals surface area contributed by atoms with Crippen LogP contribution >= 0.6 is 0 Å². The maximum atomic E-state index is 9.49. The highest BCUT2D eigenvalue weighted by atomic mass is 17.5. The van der Waals surface area contributed by atoms with Gasteiger partial charge in [-0.25, -0.2) is 4.79 Å². The van der Waals surface area contributed by atoms with Crippen LogP contribution in [0.4, 0.5) is 0 Å². The molecule has 0 aliphatic carbocycles. The Kier molecular flexibility index (Phi) is 11.9. The van der Waals surface area contributed by atoms with E-state index in [9.17, 15) is 4.79 Å². The van der Waals surface area contributed by atoms with Gasteiger partial charge in [0.05, 0.1) is 6.61 Å². The minimum absolute atomic E-state index is 0.454. The predicted octanol–water partition coefficient (Wildman–Crippen LogP) is 2.68. The quantitative estimate of drug-likeness (QED) is 0.294.